The Labute approximate surface area is 207 Å². The number of nitrogens with one attached hydrogen (secondary N) is 1. The van der Waals surface area contributed by atoms with E-state index in [4.69, 9.17) is 4.74 Å². The Morgan fingerprint density at radius 1 is 0.857 bits per heavy atom. The molecular weight excluding hydrogens is 436 g/mol. The third-order valence-electron chi connectivity index (χ3n) is 6.08. The number of nitrogens with zero attached hydrogens (tertiary/aromatic N) is 1. The molecule has 0 saturated heterocycles. The summed E-state index contributed by atoms with van der Waals surface area (Å²) in [6, 6.07) is 22.7. The van der Waals surface area contributed by atoms with Crippen molar-refractivity contribution >= 4 is 28.8 Å². The molecule has 1 aliphatic heterocycles. The van der Waals surface area contributed by atoms with Gasteiger partial charge in [-0.3, -0.25) is 9.59 Å². The van der Waals surface area contributed by atoms with E-state index < -0.39 is 0 Å². The van der Waals surface area contributed by atoms with Crippen LogP contribution in [0.15, 0.2) is 78.5 Å². The summed E-state index contributed by atoms with van der Waals surface area (Å²) in [4.78, 5) is 28.6. The maximum Gasteiger partial charge on any atom is 0.282 e. The van der Waals surface area contributed by atoms with E-state index in [0.717, 1.165) is 23.4 Å². The molecule has 0 aromatic heterocycles. The van der Waals surface area contributed by atoms with Crippen LogP contribution in [0.3, 0.4) is 0 Å². The first-order valence-electron chi connectivity index (χ1n) is 12.0. The molecule has 0 radical (unpaired) electrons. The largest absolute Gasteiger partial charge is 0.494 e. The molecule has 0 atom stereocenters. The highest BCUT2D eigenvalue weighted by Crippen LogP contribution is 2.36. The highest BCUT2D eigenvalue weighted by Gasteiger charge is 2.40. The number of para-hydroxylation sites is 1. The molecule has 5 heteroatoms. The van der Waals surface area contributed by atoms with Crippen molar-refractivity contribution in [2.45, 2.75) is 46.5 Å². The smallest absolute Gasteiger partial charge is 0.282 e. The molecule has 5 nitrogen and oxygen atoms in total. The zero-order valence-electron chi connectivity index (χ0n) is 21.0. The minimum Gasteiger partial charge on any atom is -0.494 e. The first-order valence-corrected chi connectivity index (χ1v) is 12.0. The van der Waals surface area contributed by atoms with Crippen molar-refractivity contribution in [2.75, 3.05) is 16.8 Å². The van der Waals surface area contributed by atoms with E-state index >= 15 is 0 Å². The number of benzene rings is 3. The van der Waals surface area contributed by atoms with Gasteiger partial charge in [0.1, 0.15) is 11.4 Å². The zero-order chi connectivity index (χ0) is 25.2. The van der Waals surface area contributed by atoms with Crippen molar-refractivity contribution in [1.29, 1.82) is 0 Å². The molecule has 2 amide bonds. The van der Waals surface area contributed by atoms with E-state index in [2.05, 4.69) is 26.1 Å². The molecule has 0 aliphatic carbocycles. The van der Waals surface area contributed by atoms with Gasteiger partial charge in [0, 0.05) is 5.69 Å². The van der Waals surface area contributed by atoms with Gasteiger partial charge in [-0.25, -0.2) is 4.90 Å². The lowest BCUT2D eigenvalue weighted by Gasteiger charge is -2.19. The fourth-order valence-corrected chi connectivity index (χ4v) is 4.08. The monoisotopic (exact) mass is 468 g/mol. The molecule has 180 valence electrons. The van der Waals surface area contributed by atoms with Crippen molar-refractivity contribution in [3.8, 4) is 5.75 Å². The molecule has 3 aromatic rings. The van der Waals surface area contributed by atoms with Crippen LogP contribution in [0.25, 0.3) is 5.57 Å². The van der Waals surface area contributed by atoms with Gasteiger partial charge in [0.15, 0.2) is 0 Å². The van der Waals surface area contributed by atoms with Crippen LogP contribution in [0.4, 0.5) is 11.4 Å². The van der Waals surface area contributed by atoms with Gasteiger partial charge in [0.05, 0.1) is 17.9 Å². The van der Waals surface area contributed by atoms with E-state index in [1.807, 2.05) is 80.6 Å². The number of carbonyl (C=O) groups is 2. The third-order valence-corrected chi connectivity index (χ3v) is 6.08. The van der Waals surface area contributed by atoms with Crippen molar-refractivity contribution < 1.29 is 14.3 Å². The Kier molecular flexibility index (Phi) is 6.79. The predicted octanol–water partition coefficient (Wildman–Crippen LogP) is 6.48. The summed E-state index contributed by atoms with van der Waals surface area (Å²) in [5.41, 5.74) is 4.68. The van der Waals surface area contributed by atoms with Gasteiger partial charge in [-0.05, 0) is 65.8 Å². The summed E-state index contributed by atoms with van der Waals surface area (Å²) < 4.78 is 5.69. The summed E-state index contributed by atoms with van der Waals surface area (Å²) in [5.74, 6) is 0.0156. The number of hydrogen-bond acceptors (Lipinski definition) is 4. The number of amides is 2. The maximum absolute atomic E-state index is 13.7. The Balaban J connectivity index is 1.75. The van der Waals surface area contributed by atoms with E-state index in [0.29, 0.717) is 23.4 Å². The average Bonchev–Trinajstić information content (AvgIpc) is 3.07. The Hall–Kier alpha value is -3.86. The van der Waals surface area contributed by atoms with Crippen LogP contribution in [0.2, 0.25) is 0 Å². The number of anilines is 2. The van der Waals surface area contributed by atoms with Crippen molar-refractivity contribution in [1.82, 2.24) is 0 Å². The first-order chi connectivity index (χ1) is 16.7. The second-order valence-corrected chi connectivity index (χ2v) is 9.81. The van der Waals surface area contributed by atoms with E-state index in [1.54, 1.807) is 6.07 Å². The van der Waals surface area contributed by atoms with Crippen molar-refractivity contribution in [3.05, 3.63) is 95.2 Å². The van der Waals surface area contributed by atoms with E-state index in [1.165, 1.54) is 10.5 Å². The molecule has 1 heterocycles. The summed E-state index contributed by atoms with van der Waals surface area (Å²) in [5, 5.41) is 3.25. The molecule has 0 fully saturated rings. The first kappa shape index (κ1) is 24.3. The highest BCUT2D eigenvalue weighted by molar-refractivity contribution is 6.46. The van der Waals surface area contributed by atoms with Crippen molar-refractivity contribution in [2.24, 2.45) is 0 Å². The SMILES string of the molecule is CCCOc1ccc(C2=C(Nc3ccc(C(C)(C)C)cc3)C(=O)N(c3ccccc3C)C2=O)cc1. The molecule has 4 rings (SSSR count). The molecule has 0 unspecified atom stereocenters. The van der Waals surface area contributed by atoms with Crippen LogP contribution < -0.4 is 15.0 Å². The summed E-state index contributed by atoms with van der Waals surface area (Å²) >= 11 is 0. The molecule has 0 saturated carbocycles. The number of ether oxygens (including phenoxy) is 1. The Morgan fingerprint density at radius 3 is 2.11 bits per heavy atom. The number of imide groups is 1. The van der Waals surface area contributed by atoms with Crippen LogP contribution in [-0.4, -0.2) is 18.4 Å². The Bertz CT molecular complexity index is 1270. The molecule has 1 aliphatic rings. The number of hydrogen-bond donors (Lipinski definition) is 1. The summed E-state index contributed by atoms with van der Waals surface area (Å²) in [6.45, 7) is 11.0. The molecule has 35 heavy (non-hydrogen) atoms. The Morgan fingerprint density at radius 2 is 1.51 bits per heavy atom. The van der Waals surface area contributed by atoms with Crippen LogP contribution in [0, 0.1) is 6.92 Å². The third kappa shape index (κ3) is 4.99. The fraction of sp³-hybridized carbons (Fsp3) is 0.267. The standard InChI is InChI=1S/C30H32N2O3/c1-6-19-35-24-17-11-21(12-18-24)26-27(31-23-15-13-22(14-16-23)30(3,4)5)29(34)32(28(26)33)25-10-8-7-9-20(25)2/h7-18,31H,6,19H2,1-5H3. The molecule has 0 bridgehead atoms. The fourth-order valence-electron chi connectivity index (χ4n) is 4.08. The minimum atomic E-state index is -0.370. The van der Waals surface area contributed by atoms with E-state index in [-0.39, 0.29) is 22.9 Å². The van der Waals surface area contributed by atoms with Crippen LogP contribution in [0.1, 0.15) is 50.8 Å². The van der Waals surface area contributed by atoms with Gasteiger partial charge in [0.25, 0.3) is 11.8 Å². The van der Waals surface area contributed by atoms with Gasteiger partial charge in [-0.1, -0.05) is 70.2 Å². The number of rotatable bonds is 7. The minimum absolute atomic E-state index is 0.0192. The molecule has 1 N–H and O–H groups in total. The van der Waals surface area contributed by atoms with Gasteiger partial charge in [-0.15, -0.1) is 0 Å². The lowest BCUT2D eigenvalue weighted by Crippen LogP contribution is -2.33. The molecule has 3 aromatic carbocycles. The quantitative estimate of drug-likeness (QED) is 0.403. The molecule has 0 spiro atoms. The van der Waals surface area contributed by atoms with Crippen molar-refractivity contribution in [3.63, 3.8) is 0 Å². The second kappa shape index (κ2) is 9.79. The summed E-state index contributed by atoms with van der Waals surface area (Å²) in [6.07, 6.45) is 0.910. The van der Waals surface area contributed by atoms with Gasteiger partial charge < -0.3 is 10.1 Å². The van der Waals surface area contributed by atoms with Gasteiger partial charge in [-0.2, -0.15) is 0 Å². The van der Waals surface area contributed by atoms with E-state index in [9.17, 15) is 9.59 Å². The normalized spacial score (nSPS) is 14.0. The van der Waals surface area contributed by atoms with Crippen LogP contribution in [-0.2, 0) is 15.0 Å². The zero-order valence-corrected chi connectivity index (χ0v) is 21.0. The second-order valence-electron chi connectivity index (χ2n) is 9.81. The molecular formula is C30H32N2O3. The maximum atomic E-state index is 13.7. The lowest BCUT2D eigenvalue weighted by molar-refractivity contribution is -0.120. The van der Waals surface area contributed by atoms with Gasteiger partial charge >= 0.3 is 0 Å². The van der Waals surface area contributed by atoms with Gasteiger partial charge in [0.2, 0.25) is 0 Å². The number of carbonyl (C=O) groups excluding carboxylic acids is 2. The lowest BCUT2D eigenvalue weighted by atomic mass is 9.87. The average molecular weight is 469 g/mol. The summed E-state index contributed by atoms with van der Waals surface area (Å²) in [7, 11) is 0. The topological polar surface area (TPSA) is 58.6 Å². The van der Waals surface area contributed by atoms with Crippen LogP contribution in [0.5, 0.6) is 5.75 Å². The highest BCUT2D eigenvalue weighted by atomic mass is 16.5. The number of aryl methyl sites for hydroxylation is 1. The van der Waals surface area contributed by atoms with Crippen LogP contribution >= 0.6 is 0 Å². The predicted molar refractivity (Wildman–Crippen MR) is 142 cm³/mol.